The lowest BCUT2D eigenvalue weighted by atomic mass is 9.96. The van der Waals surface area contributed by atoms with Crippen LogP contribution >= 0.6 is 0 Å². The molecule has 0 aromatic heterocycles. The summed E-state index contributed by atoms with van der Waals surface area (Å²) in [4.78, 5) is 11.2. The van der Waals surface area contributed by atoms with Gasteiger partial charge >= 0.3 is 0 Å². The van der Waals surface area contributed by atoms with Gasteiger partial charge in [0.2, 0.25) is 0 Å². The van der Waals surface area contributed by atoms with E-state index < -0.39 is 0 Å². The number of allylic oxidation sites excluding steroid dienone is 2. The number of rotatable bonds is 0. The molecule has 1 atom stereocenters. The smallest absolute Gasteiger partial charge is 0.175 e. The summed E-state index contributed by atoms with van der Waals surface area (Å²) in [5.41, 5.74) is 6.78. The van der Waals surface area contributed by atoms with E-state index in [0.717, 1.165) is 12.0 Å². The highest BCUT2D eigenvalue weighted by Gasteiger charge is 2.23. The van der Waals surface area contributed by atoms with Gasteiger partial charge in [-0.15, -0.1) is 0 Å². The summed E-state index contributed by atoms with van der Waals surface area (Å²) in [6.45, 7) is 0.413. The van der Waals surface area contributed by atoms with Gasteiger partial charge in [-0.3, -0.25) is 4.79 Å². The molecular formula is C8H10N2O. The zero-order valence-corrected chi connectivity index (χ0v) is 6.13. The molecule has 0 saturated carbocycles. The van der Waals surface area contributed by atoms with E-state index in [-0.39, 0.29) is 11.8 Å². The van der Waals surface area contributed by atoms with E-state index in [1.807, 2.05) is 12.2 Å². The van der Waals surface area contributed by atoms with Gasteiger partial charge in [0.25, 0.3) is 0 Å². The van der Waals surface area contributed by atoms with Crippen molar-refractivity contribution >= 4 is 5.78 Å². The Balaban J connectivity index is 2.25. The lowest BCUT2D eigenvalue weighted by molar-refractivity contribution is -0.116. The van der Waals surface area contributed by atoms with E-state index >= 15 is 0 Å². The van der Waals surface area contributed by atoms with E-state index in [2.05, 4.69) is 16.9 Å². The first-order valence-electron chi connectivity index (χ1n) is 3.76. The molecule has 1 fully saturated rings. The Hall–Kier alpha value is -0.930. The van der Waals surface area contributed by atoms with Crippen molar-refractivity contribution in [2.24, 2.45) is 0 Å². The molecule has 2 aliphatic rings. The summed E-state index contributed by atoms with van der Waals surface area (Å²) in [5, 5.41) is 0. The second kappa shape index (κ2) is 2.60. The Labute approximate surface area is 65.1 Å². The molecule has 1 aliphatic heterocycles. The number of hydrazine groups is 1. The molecule has 0 spiro atoms. The van der Waals surface area contributed by atoms with Gasteiger partial charge in [0.1, 0.15) is 0 Å². The van der Waals surface area contributed by atoms with Crippen molar-refractivity contribution in [3.05, 3.63) is 23.8 Å². The molecule has 1 saturated heterocycles. The Morgan fingerprint density at radius 3 is 3.27 bits per heavy atom. The van der Waals surface area contributed by atoms with Crippen molar-refractivity contribution in [1.29, 1.82) is 0 Å². The van der Waals surface area contributed by atoms with Gasteiger partial charge in [0, 0.05) is 5.57 Å². The molecule has 2 rings (SSSR count). The molecule has 58 valence electrons. The van der Waals surface area contributed by atoms with E-state index in [9.17, 15) is 4.79 Å². The largest absolute Gasteiger partial charge is 0.293 e. The number of Topliss-reactive ketones (excluding diaryl/α,β-unsaturated/α-hetero) is 1. The van der Waals surface area contributed by atoms with Crippen LogP contribution in [0, 0.1) is 0 Å². The maximum Gasteiger partial charge on any atom is 0.175 e. The molecule has 3 nitrogen and oxygen atoms in total. The predicted octanol–water partition coefficient (Wildman–Crippen LogP) is -0.0818. The Bertz CT molecular complexity index is 242. The maximum atomic E-state index is 11.2. The molecule has 1 aliphatic carbocycles. The minimum atomic E-state index is 0.102. The second-order valence-electron chi connectivity index (χ2n) is 2.72. The summed E-state index contributed by atoms with van der Waals surface area (Å²) >= 11 is 0. The summed E-state index contributed by atoms with van der Waals surface area (Å²) in [7, 11) is 0. The Kier molecular flexibility index (Phi) is 1.60. The molecule has 2 N–H and O–H groups in total. The summed E-state index contributed by atoms with van der Waals surface area (Å²) in [6, 6.07) is 0.102. The van der Waals surface area contributed by atoms with Crippen LogP contribution in [0.15, 0.2) is 23.8 Å². The molecule has 1 heterocycles. The van der Waals surface area contributed by atoms with E-state index in [0.29, 0.717) is 6.54 Å². The summed E-state index contributed by atoms with van der Waals surface area (Å²) in [5.74, 6) is 0.207. The van der Waals surface area contributed by atoms with Crippen LogP contribution in [-0.2, 0) is 4.79 Å². The van der Waals surface area contributed by atoms with Crippen molar-refractivity contribution in [3.63, 3.8) is 0 Å². The van der Waals surface area contributed by atoms with Crippen LogP contribution in [0.3, 0.4) is 0 Å². The highest BCUT2D eigenvalue weighted by atomic mass is 16.1. The van der Waals surface area contributed by atoms with Gasteiger partial charge in [0.05, 0.1) is 12.6 Å². The zero-order valence-electron chi connectivity index (χ0n) is 6.13. The first kappa shape index (κ1) is 6.76. The number of nitrogens with one attached hydrogen (secondary N) is 2. The third-order valence-electron chi connectivity index (χ3n) is 1.97. The number of fused-ring (bicyclic) bond motifs is 1. The maximum absolute atomic E-state index is 11.2. The SMILES string of the molecule is O=C1CNNC2C=CCC=C12. The molecule has 0 radical (unpaired) electrons. The van der Waals surface area contributed by atoms with Crippen molar-refractivity contribution in [2.45, 2.75) is 12.5 Å². The fraction of sp³-hybridized carbons (Fsp3) is 0.375. The molecular weight excluding hydrogens is 140 g/mol. The summed E-state index contributed by atoms with van der Waals surface area (Å²) in [6.07, 6.45) is 6.95. The van der Waals surface area contributed by atoms with E-state index in [1.54, 1.807) is 0 Å². The quantitative estimate of drug-likeness (QED) is 0.474. The standard InChI is InChI=1S/C8H10N2O/c11-8-5-9-10-7-4-2-1-3-6(7)8/h2-4,7,9-10H,1,5H2. The highest BCUT2D eigenvalue weighted by Crippen LogP contribution is 2.14. The molecule has 0 aromatic carbocycles. The second-order valence-corrected chi connectivity index (χ2v) is 2.72. The average Bonchev–Trinajstić information content (AvgIpc) is 2.06. The fourth-order valence-electron chi connectivity index (χ4n) is 1.40. The minimum absolute atomic E-state index is 0.102. The van der Waals surface area contributed by atoms with Crippen LogP contribution in [-0.4, -0.2) is 18.4 Å². The Morgan fingerprint density at radius 2 is 2.45 bits per heavy atom. The zero-order chi connectivity index (χ0) is 7.68. The molecule has 0 bridgehead atoms. The molecule has 3 heteroatoms. The van der Waals surface area contributed by atoms with Crippen LogP contribution in [0.25, 0.3) is 0 Å². The third kappa shape index (κ3) is 1.13. The first-order valence-corrected chi connectivity index (χ1v) is 3.76. The molecule has 0 amide bonds. The van der Waals surface area contributed by atoms with Crippen LogP contribution in [0.1, 0.15) is 6.42 Å². The Morgan fingerprint density at radius 1 is 1.55 bits per heavy atom. The van der Waals surface area contributed by atoms with Crippen LogP contribution in [0.2, 0.25) is 0 Å². The van der Waals surface area contributed by atoms with Gasteiger partial charge in [-0.1, -0.05) is 18.2 Å². The molecule has 1 unspecified atom stereocenters. The van der Waals surface area contributed by atoms with Crippen LogP contribution in [0.4, 0.5) is 0 Å². The van der Waals surface area contributed by atoms with Crippen molar-refractivity contribution < 1.29 is 4.79 Å². The monoisotopic (exact) mass is 150 g/mol. The van der Waals surface area contributed by atoms with Crippen molar-refractivity contribution in [1.82, 2.24) is 10.9 Å². The predicted molar refractivity (Wildman–Crippen MR) is 41.8 cm³/mol. The number of carbonyl (C=O) groups excluding carboxylic acids is 1. The van der Waals surface area contributed by atoms with Gasteiger partial charge in [0.15, 0.2) is 5.78 Å². The van der Waals surface area contributed by atoms with Crippen molar-refractivity contribution in [3.8, 4) is 0 Å². The van der Waals surface area contributed by atoms with Gasteiger partial charge in [-0.25, -0.2) is 10.9 Å². The normalized spacial score (nSPS) is 29.6. The topological polar surface area (TPSA) is 41.1 Å². The van der Waals surface area contributed by atoms with E-state index in [1.165, 1.54) is 0 Å². The van der Waals surface area contributed by atoms with E-state index in [4.69, 9.17) is 0 Å². The van der Waals surface area contributed by atoms with Gasteiger partial charge in [-0.05, 0) is 6.42 Å². The number of hydrogen-bond acceptors (Lipinski definition) is 3. The first-order chi connectivity index (χ1) is 5.38. The average molecular weight is 150 g/mol. The summed E-state index contributed by atoms with van der Waals surface area (Å²) < 4.78 is 0. The highest BCUT2D eigenvalue weighted by molar-refractivity contribution is 5.99. The van der Waals surface area contributed by atoms with Crippen molar-refractivity contribution in [2.75, 3.05) is 6.54 Å². The van der Waals surface area contributed by atoms with Gasteiger partial charge in [-0.2, -0.15) is 0 Å². The number of ketones is 1. The molecule has 0 aromatic rings. The minimum Gasteiger partial charge on any atom is -0.293 e. The fourth-order valence-corrected chi connectivity index (χ4v) is 1.40. The van der Waals surface area contributed by atoms with Crippen LogP contribution in [0.5, 0.6) is 0 Å². The molecule has 11 heavy (non-hydrogen) atoms. The van der Waals surface area contributed by atoms with Crippen LogP contribution < -0.4 is 10.9 Å². The lowest BCUT2D eigenvalue weighted by Crippen LogP contribution is -2.51. The number of carbonyl (C=O) groups is 1. The third-order valence-corrected chi connectivity index (χ3v) is 1.97. The number of hydrogen-bond donors (Lipinski definition) is 2. The lowest BCUT2D eigenvalue weighted by Gasteiger charge is -2.25. The van der Waals surface area contributed by atoms with Gasteiger partial charge < -0.3 is 0 Å².